The van der Waals surface area contributed by atoms with E-state index in [1.807, 2.05) is 43.0 Å². The van der Waals surface area contributed by atoms with Crippen LogP contribution in [-0.4, -0.2) is 41.9 Å². The molecule has 0 atom stereocenters. The minimum absolute atomic E-state index is 0.142. The van der Waals surface area contributed by atoms with E-state index in [2.05, 4.69) is 90.7 Å². The quantitative estimate of drug-likeness (QED) is 0.348. The molecule has 0 unspecified atom stereocenters. The van der Waals surface area contributed by atoms with Crippen molar-refractivity contribution in [1.82, 2.24) is 9.80 Å². The van der Waals surface area contributed by atoms with E-state index in [0.717, 1.165) is 29.8 Å². The largest absolute Gasteiger partial charge is 0.399 e. The monoisotopic (exact) mass is 505 g/mol. The highest BCUT2D eigenvalue weighted by atomic mass is 16.2. The summed E-state index contributed by atoms with van der Waals surface area (Å²) >= 11 is 0. The molecule has 1 saturated heterocycles. The highest BCUT2D eigenvalue weighted by molar-refractivity contribution is 5.79. The first kappa shape index (κ1) is 27.0. The van der Waals surface area contributed by atoms with Gasteiger partial charge in [0.05, 0.1) is 6.54 Å². The molecule has 1 aliphatic heterocycles. The van der Waals surface area contributed by atoms with Crippen LogP contribution in [0.4, 0.5) is 0 Å². The van der Waals surface area contributed by atoms with Crippen LogP contribution in [0.5, 0.6) is 0 Å². The first-order valence-electron chi connectivity index (χ1n) is 13.4. The topological polar surface area (TPSA) is 49.6 Å². The summed E-state index contributed by atoms with van der Waals surface area (Å²) in [6, 6.07) is 31.5. The number of allylic oxidation sites excluding steroid dienone is 5. The van der Waals surface area contributed by atoms with Crippen LogP contribution in [0, 0.1) is 0 Å². The van der Waals surface area contributed by atoms with Gasteiger partial charge >= 0.3 is 0 Å². The number of nitrogens with zero attached hydrogens (tertiary/aromatic N) is 2. The third-order valence-corrected chi connectivity index (χ3v) is 7.38. The zero-order chi connectivity index (χ0) is 26.9. The second-order valence-corrected chi connectivity index (χ2v) is 10.00. The molecular weight excluding hydrogens is 466 g/mol. The average molecular weight is 506 g/mol. The third kappa shape index (κ3) is 6.83. The van der Waals surface area contributed by atoms with Crippen LogP contribution in [0.15, 0.2) is 126 Å². The Kier molecular flexibility index (Phi) is 9.21. The molecule has 1 amide bonds. The molecule has 1 aliphatic rings. The second kappa shape index (κ2) is 13.0. The Hall–Kier alpha value is -4.05. The second-order valence-electron chi connectivity index (χ2n) is 10.00. The van der Waals surface area contributed by atoms with Gasteiger partial charge in [-0.25, -0.2) is 0 Å². The lowest BCUT2D eigenvalue weighted by atomic mass is 9.90. The molecule has 0 aliphatic carbocycles. The van der Waals surface area contributed by atoms with Gasteiger partial charge in [-0.1, -0.05) is 103 Å². The van der Waals surface area contributed by atoms with Crippen LogP contribution in [0.1, 0.15) is 43.4 Å². The molecule has 196 valence electrons. The van der Waals surface area contributed by atoms with Crippen molar-refractivity contribution in [3.63, 3.8) is 0 Å². The van der Waals surface area contributed by atoms with Gasteiger partial charge in [0.1, 0.15) is 0 Å². The maximum atomic E-state index is 13.6. The molecular formula is C34H39N3O. The van der Waals surface area contributed by atoms with Gasteiger partial charge in [0, 0.05) is 43.4 Å². The molecule has 0 bridgehead atoms. The van der Waals surface area contributed by atoms with Crippen molar-refractivity contribution in [2.45, 2.75) is 33.1 Å². The molecule has 2 N–H and O–H groups in total. The van der Waals surface area contributed by atoms with E-state index in [9.17, 15) is 4.79 Å². The van der Waals surface area contributed by atoms with E-state index in [1.165, 1.54) is 22.4 Å². The van der Waals surface area contributed by atoms with E-state index in [4.69, 9.17) is 5.73 Å². The van der Waals surface area contributed by atoms with E-state index in [1.54, 1.807) is 0 Å². The number of hydrogen-bond acceptors (Lipinski definition) is 3. The van der Waals surface area contributed by atoms with Crippen molar-refractivity contribution < 1.29 is 4.79 Å². The molecule has 0 aromatic heterocycles. The molecule has 4 nitrogen and oxygen atoms in total. The molecule has 1 heterocycles. The highest BCUT2D eigenvalue weighted by Gasteiger charge is 2.29. The van der Waals surface area contributed by atoms with Gasteiger partial charge in [-0.05, 0) is 48.6 Å². The van der Waals surface area contributed by atoms with Gasteiger partial charge in [-0.15, -0.1) is 0 Å². The Morgan fingerprint density at radius 1 is 0.868 bits per heavy atom. The summed E-state index contributed by atoms with van der Waals surface area (Å²) in [5.74, 6) is 0.309. The highest BCUT2D eigenvalue weighted by Crippen LogP contribution is 2.28. The molecule has 0 saturated carbocycles. The van der Waals surface area contributed by atoms with Crippen LogP contribution in [0.25, 0.3) is 0 Å². The number of carbonyl (C=O) groups is 1. The minimum Gasteiger partial charge on any atom is -0.399 e. The number of rotatable bonds is 9. The maximum absolute atomic E-state index is 13.6. The summed E-state index contributed by atoms with van der Waals surface area (Å²) in [5, 5.41) is 0. The first-order chi connectivity index (χ1) is 18.5. The maximum Gasteiger partial charge on any atom is 0.242 e. The number of piperazine rings is 1. The lowest BCUT2D eigenvalue weighted by Crippen LogP contribution is -2.51. The third-order valence-electron chi connectivity index (χ3n) is 7.38. The van der Waals surface area contributed by atoms with Gasteiger partial charge in [0.15, 0.2) is 0 Å². The smallest absolute Gasteiger partial charge is 0.242 e. The zero-order valence-electron chi connectivity index (χ0n) is 22.8. The molecule has 4 rings (SSSR count). The Balaban J connectivity index is 1.57. The van der Waals surface area contributed by atoms with Crippen LogP contribution in [0.3, 0.4) is 0 Å². The normalized spacial score (nSPS) is 15.6. The lowest BCUT2D eigenvalue weighted by molar-refractivity contribution is -0.135. The van der Waals surface area contributed by atoms with Gasteiger partial charge in [0.2, 0.25) is 5.91 Å². The average Bonchev–Trinajstić information content (AvgIpc) is 2.96. The van der Waals surface area contributed by atoms with E-state index in [0.29, 0.717) is 19.6 Å². The summed E-state index contributed by atoms with van der Waals surface area (Å²) < 4.78 is 0. The van der Waals surface area contributed by atoms with E-state index >= 15 is 0 Å². The summed E-state index contributed by atoms with van der Waals surface area (Å²) in [6.45, 7) is 8.66. The van der Waals surface area contributed by atoms with Crippen molar-refractivity contribution in [3.05, 3.63) is 142 Å². The first-order valence-corrected chi connectivity index (χ1v) is 13.4. The van der Waals surface area contributed by atoms with Crippen LogP contribution < -0.4 is 5.73 Å². The van der Waals surface area contributed by atoms with E-state index in [-0.39, 0.29) is 11.8 Å². The Bertz CT molecular complexity index is 1250. The SMILES string of the molecule is C\C=C(N)/C(C)=C\C(C)=C(/Cc1ccccc1)N1CCN(CC(c2ccccc2)c2ccccc2)C(=O)C1. The molecule has 38 heavy (non-hydrogen) atoms. The summed E-state index contributed by atoms with van der Waals surface area (Å²) in [4.78, 5) is 17.9. The fraction of sp³-hybridized carbons (Fsp3) is 0.265. The van der Waals surface area contributed by atoms with Crippen molar-refractivity contribution in [3.8, 4) is 0 Å². The fourth-order valence-electron chi connectivity index (χ4n) is 5.14. The van der Waals surface area contributed by atoms with Gasteiger partial charge in [0.25, 0.3) is 0 Å². The van der Waals surface area contributed by atoms with Crippen molar-refractivity contribution in [1.29, 1.82) is 0 Å². The van der Waals surface area contributed by atoms with Gasteiger partial charge in [-0.2, -0.15) is 0 Å². The van der Waals surface area contributed by atoms with Gasteiger partial charge in [-0.3, -0.25) is 4.79 Å². The number of nitrogens with two attached hydrogens (primary N) is 1. The number of amides is 1. The van der Waals surface area contributed by atoms with Crippen LogP contribution in [0.2, 0.25) is 0 Å². The Morgan fingerprint density at radius 2 is 1.42 bits per heavy atom. The van der Waals surface area contributed by atoms with E-state index < -0.39 is 0 Å². The molecule has 3 aromatic carbocycles. The van der Waals surface area contributed by atoms with Crippen LogP contribution in [-0.2, 0) is 11.2 Å². The fourth-order valence-corrected chi connectivity index (χ4v) is 5.14. The predicted molar refractivity (Wildman–Crippen MR) is 157 cm³/mol. The Labute approximate surface area is 227 Å². The minimum atomic E-state index is 0.142. The molecule has 4 heteroatoms. The summed E-state index contributed by atoms with van der Waals surface area (Å²) in [7, 11) is 0. The Morgan fingerprint density at radius 3 is 1.95 bits per heavy atom. The standard InChI is InChI=1S/C34H39N3O/c1-4-32(35)26(2)22-27(3)33(23-28-14-8-5-9-15-28)36-20-21-37(34(38)25-36)24-31(29-16-10-6-11-17-29)30-18-12-7-13-19-30/h4-19,22,31H,20-21,23-25,35H2,1-3H3/b26-22-,32-4+,33-27+. The molecule has 0 radical (unpaired) electrons. The van der Waals surface area contributed by atoms with Crippen LogP contribution >= 0.6 is 0 Å². The molecule has 1 fully saturated rings. The summed E-state index contributed by atoms with van der Waals surface area (Å²) in [6.07, 6.45) is 4.84. The van der Waals surface area contributed by atoms with Crippen molar-refractivity contribution >= 4 is 5.91 Å². The zero-order valence-corrected chi connectivity index (χ0v) is 22.8. The summed E-state index contributed by atoms with van der Waals surface area (Å²) in [5.41, 5.74) is 14.0. The molecule has 3 aromatic rings. The molecule has 0 spiro atoms. The number of hydrogen-bond donors (Lipinski definition) is 1. The van der Waals surface area contributed by atoms with Crippen molar-refractivity contribution in [2.24, 2.45) is 5.73 Å². The number of benzene rings is 3. The van der Waals surface area contributed by atoms with Crippen molar-refractivity contribution in [2.75, 3.05) is 26.2 Å². The van der Waals surface area contributed by atoms with Gasteiger partial charge < -0.3 is 15.5 Å². The number of carbonyl (C=O) groups excluding carboxylic acids is 1. The lowest BCUT2D eigenvalue weighted by Gasteiger charge is -2.39. The predicted octanol–water partition coefficient (Wildman–Crippen LogP) is 6.29.